The summed E-state index contributed by atoms with van der Waals surface area (Å²) in [5, 5.41) is 2.15. The number of aryl methyl sites for hydroxylation is 1. The topological polar surface area (TPSA) is 86.8 Å². The number of benzene rings is 4. The van der Waals surface area contributed by atoms with Crippen LogP contribution in [0.25, 0.3) is 0 Å². The van der Waals surface area contributed by atoms with Crippen molar-refractivity contribution < 1.29 is 35.6 Å². The van der Waals surface area contributed by atoms with E-state index in [9.17, 15) is 31.2 Å². The zero-order valence-corrected chi connectivity index (χ0v) is 28.5. The average molecular weight is 718 g/mol. The standard InChI is InChI=1S/C36H36ClF4N3O4S/c1-3-4-20-42-35(46)33(21-26-10-6-5-7-11-26)43(23-27-12-8-9-13-32(27)38)34(45)24-44(49(47,48)29-17-14-25(2)15-18-29)28-16-19-31(37)30(22-28)36(39,40)41/h5-19,22,33H,3-4,20-21,23-24H2,1-2H3,(H,42,46)/t33-/m0/s1. The minimum Gasteiger partial charge on any atom is -0.354 e. The fourth-order valence-corrected chi connectivity index (χ4v) is 6.75. The molecule has 0 unspecified atom stereocenters. The Morgan fingerprint density at radius 2 is 1.57 bits per heavy atom. The quantitative estimate of drug-likeness (QED) is 0.108. The normalized spacial score (nSPS) is 12.3. The lowest BCUT2D eigenvalue weighted by molar-refractivity contribution is -0.140. The van der Waals surface area contributed by atoms with Crippen molar-refractivity contribution >= 4 is 39.1 Å². The Hall–Kier alpha value is -4.42. The summed E-state index contributed by atoms with van der Waals surface area (Å²) in [6.07, 6.45) is -3.53. The van der Waals surface area contributed by atoms with Gasteiger partial charge in [0.2, 0.25) is 11.8 Å². The second kappa shape index (κ2) is 16.3. The number of anilines is 1. The molecule has 4 aromatic rings. The molecule has 2 amide bonds. The zero-order valence-electron chi connectivity index (χ0n) is 26.9. The first-order chi connectivity index (χ1) is 23.2. The molecule has 0 aliphatic carbocycles. The number of halogens is 5. The third-order valence-electron chi connectivity index (χ3n) is 7.83. The molecule has 0 spiro atoms. The summed E-state index contributed by atoms with van der Waals surface area (Å²) in [6.45, 7) is 2.51. The van der Waals surface area contributed by atoms with Crippen LogP contribution in [0.5, 0.6) is 0 Å². The van der Waals surface area contributed by atoms with Crippen LogP contribution in [0.15, 0.2) is 102 Å². The van der Waals surface area contributed by atoms with Crippen molar-refractivity contribution in [2.45, 2.75) is 56.8 Å². The number of unbranched alkanes of at least 4 members (excludes halogenated alkanes) is 1. The van der Waals surface area contributed by atoms with E-state index in [0.717, 1.165) is 29.0 Å². The molecule has 0 saturated carbocycles. The Kier molecular flexibility index (Phi) is 12.5. The minimum atomic E-state index is -4.94. The SMILES string of the molecule is CCCCNC(=O)[C@H](Cc1ccccc1)N(Cc1ccccc1F)C(=O)CN(c1ccc(Cl)c(C(F)(F)F)c1)S(=O)(=O)c1ccc(C)cc1. The number of nitrogens with one attached hydrogen (secondary N) is 1. The number of nitrogens with zero attached hydrogens (tertiary/aromatic N) is 2. The largest absolute Gasteiger partial charge is 0.417 e. The summed E-state index contributed by atoms with van der Waals surface area (Å²) < 4.78 is 85.7. The molecule has 4 aromatic carbocycles. The van der Waals surface area contributed by atoms with E-state index in [4.69, 9.17) is 11.6 Å². The van der Waals surface area contributed by atoms with E-state index in [1.54, 1.807) is 43.3 Å². The fraction of sp³-hybridized carbons (Fsp3) is 0.278. The Morgan fingerprint density at radius 1 is 0.918 bits per heavy atom. The van der Waals surface area contributed by atoms with Gasteiger partial charge in [-0.15, -0.1) is 0 Å². The fourth-order valence-electron chi connectivity index (χ4n) is 5.12. The van der Waals surface area contributed by atoms with Gasteiger partial charge in [-0.25, -0.2) is 12.8 Å². The van der Waals surface area contributed by atoms with Crippen molar-refractivity contribution in [3.05, 3.63) is 130 Å². The van der Waals surface area contributed by atoms with Crippen LogP contribution in [0.4, 0.5) is 23.2 Å². The van der Waals surface area contributed by atoms with Crippen molar-refractivity contribution in [2.24, 2.45) is 0 Å². The molecule has 0 heterocycles. The molecule has 0 aliphatic heterocycles. The van der Waals surface area contributed by atoms with Crippen molar-refractivity contribution in [1.82, 2.24) is 10.2 Å². The van der Waals surface area contributed by atoms with E-state index >= 15 is 4.39 Å². The number of rotatable bonds is 14. The molecule has 0 aliphatic rings. The molecular formula is C36H36ClF4N3O4S. The van der Waals surface area contributed by atoms with E-state index in [2.05, 4.69) is 5.32 Å². The van der Waals surface area contributed by atoms with Crippen LogP contribution in [0.2, 0.25) is 5.02 Å². The second-order valence-corrected chi connectivity index (χ2v) is 13.7. The third kappa shape index (κ3) is 9.60. The predicted octanol–water partition coefficient (Wildman–Crippen LogP) is 7.56. The molecule has 0 fully saturated rings. The van der Waals surface area contributed by atoms with Crippen LogP contribution in [-0.2, 0) is 38.8 Å². The van der Waals surface area contributed by atoms with Gasteiger partial charge in [0.25, 0.3) is 10.0 Å². The maximum absolute atomic E-state index is 15.1. The lowest BCUT2D eigenvalue weighted by atomic mass is 10.0. The molecule has 13 heteroatoms. The minimum absolute atomic E-state index is 0.0110. The first-order valence-electron chi connectivity index (χ1n) is 15.5. The summed E-state index contributed by atoms with van der Waals surface area (Å²) in [6, 6.07) is 21.3. The van der Waals surface area contributed by atoms with Gasteiger partial charge in [-0.3, -0.25) is 13.9 Å². The summed E-state index contributed by atoms with van der Waals surface area (Å²) in [5.74, 6) is -2.17. The Morgan fingerprint density at radius 3 is 2.20 bits per heavy atom. The highest BCUT2D eigenvalue weighted by atomic mass is 35.5. The maximum atomic E-state index is 15.1. The molecule has 7 nitrogen and oxygen atoms in total. The molecule has 0 saturated heterocycles. The highest BCUT2D eigenvalue weighted by molar-refractivity contribution is 7.92. The van der Waals surface area contributed by atoms with Gasteiger partial charge < -0.3 is 10.2 Å². The number of amides is 2. The molecule has 0 radical (unpaired) electrons. The smallest absolute Gasteiger partial charge is 0.354 e. The van der Waals surface area contributed by atoms with E-state index in [1.807, 2.05) is 6.92 Å². The number of carbonyl (C=O) groups excluding carboxylic acids is 2. The van der Waals surface area contributed by atoms with Crippen molar-refractivity contribution in [3.8, 4) is 0 Å². The maximum Gasteiger partial charge on any atom is 0.417 e. The molecule has 0 bridgehead atoms. The van der Waals surface area contributed by atoms with Crippen LogP contribution in [0, 0.1) is 12.7 Å². The summed E-state index contributed by atoms with van der Waals surface area (Å²) in [5.41, 5.74) is -0.344. The van der Waals surface area contributed by atoms with E-state index in [1.165, 1.54) is 42.5 Å². The van der Waals surface area contributed by atoms with Gasteiger partial charge in [-0.1, -0.05) is 91.2 Å². The van der Waals surface area contributed by atoms with Crippen molar-refractivity contribution in [1.29, 1.82) is 0 Å². The van der Waals surface area contributed by atoms with E-state index < -0.39 is 69.2 Å². The lowest BCUT2D eigenvalue weighted by Crippen LogP contribution is -2.53. The molecule has 0 aromatic heterocycles. The van der Waals surface area contributed by atoms with Crippen molar-refractivity contribution in [2.75, 3.05) is 17.4 Å². The molecular weight excluding hydrogens is 682 g/mol. The molecule has 4 rings (SSSR count). The third-order valence-corrected chi connectivity index (χ3v) is 9.95. The van der Waals surface area contributed by atoms with Gasteiger partial charge in [0.05, 0.1) is 21.2 Å². The molecule has 49 heavy (non-hydrogen) atoms. The van der Waals surface area contributed by atoms with Gasteiger partial charge >= 0.3 is 6.18 Å². The highest BCUT2D eigenvalue weighted by Gasteiger charge is 2.38. The first kappa shape index (κ1) is 37.4. The van der Waals surface area contributed by atoms with Crippen LogP contribution in [0.3, 0.4) is 0 Å². The van der Waals surface area contributed by atoms with Gasteiger partial charge in [-0.2, -0.15) is 13.2 Å². The Bertz CT molecular complexity index is 1860. The molecule has 1 atom stereocenters. The van der Waals surface area contributed by atoms with Gasteiger partial charge in [0.1, 0.15) is 18.4 Å². The number of hydrogen-bond acceptors (Lipinski definition) is 4. The van der Waals surface area contributed by atoms with Gasteiger partial charge in [0.15, 0.2) is 0 Å². The predicted molar refractivity (Wildman–Crippen MR) is 181 cm³/mol. The number of sulfonamides is 1. The second-order valence-electron chi connectivity index (χ2n) is 11.4. The van der Waals surface area contributed by atoms with Crippen LogP contribution in [0.1, 0.15) is 42.0 Å². The summed E-state index contributed by atoms with van der Waals surface area (Å²) >= 11 is 5.86. The Labute approximate surface area is 288 Å². The Balaban J connectivity index is 1.86. The van der Waals surface area contributed by atoms with Crippen LogP contribution in [-0.4, -0.2) is 44.3 Å². The molecule has 260 valence electrons. The first-order valence-corrected chi connectivity index (χ1v) is 17.3. The monoisotopic (exact) mass is 717 g/mol. The number of hydrogen-bond donors (Lipinski definition) is 1. The highest BCUT2D eigenvalue weighted by Crippen LogP contribution is 2.38. The van der Waals surface area contributed by atoms with Gasteiger partial charge in [-0.05, 0) is 55.3 Å². The van der Waals surface area contributed by atoms with Crippen LogP contribution >= 0.6 is 11.6 Å². The summed E-state index contributed by atoms with van der Waals surface area (Å²) in [7, 11) is -4.68. The number of carbonyl (C=O) groups is 2. The van der Waals surface area contributed by atoms with Crippen LogP contribution < -0.4 is 9.62 Å². The lowest BCUT2D eigenvalue weighted by Gasteiger charge is -2.34. The van der Waals surface area contributed by atoms with E-state index in [0.29, 0.717) is 28.9 Å². The van der Waals surface area contributed by atoms with E-state index in [-0.39, 0.29) is 16.9 Å². The molecule has 1 N–H and O–H groups in total. The summed E-state index contributed by atoms with van der Waals surface area (Å²) in [4.78, 5) is 29.0. The zero-order chi connectivity index (χ0) is 35.8. The van der Waals surface area contributed by atoms with Gasteiger partial charge in [0, 0.05) is 25.1 Å². The number of alkyl halides is 3. The van der Waals surface area contributed by atoms with Crippen molar-refractivity contribution in [3.63, 3.8) is 0 Å². The average Bonchev–Trinajstić information content (AvgIpc) is 3.06.